The Morgan fingerprint density at radius 3 is 3.00 bits per heavy atom. The molecule has 1 saturated carbocycles. The molecule has 1 N–H and O–H groups in total. The number of hydrogen-bond acceptors (Lipinski definition) is 3. The monoisotopic (exact) mass is 258 g/mol. The molecular formula is C14H18N4O. The van der Waals surface area contributed by atoms with Gasteiger partial charge in [-0.05, 0) is 18.8 Å². The fourth-order valence-electron chi connectivity index (χ4n) is 2.79. The number of anilines is 1. The van der Waals surface area contributed by atoms with E-state index in [1.54, 1.807) is 18.6 Å². The topological polar surface area (TPSA) is 59.3 Å². The first kappa shape index (κ1) is 12.1. The van der Waals surface area contributed by atoms with Crippen LogP contribution in [0.15, 0.2) is 24.8 Å². The summed E-state index contributed by atoms with van der Waals surface area (Å²) in [6.45, 7) is 0. The van der Waals surface area contributed by atoms with Gasteiger partial charge in [0.05, 0.1) is 12.4 Å². The molecule has 0 atom stereocenters. The minimum absolute atomic E-state index is 0.0786. The molecule has 5 heteroatoms. The molecule has 0 radical (unpaired) electrons. The smallest absolute Gasteiger partial charge is 0.225 e. The maximum Gasteiger partial charge on any atom is 0.225 e. The first-order chi connectivity index (χ1) is 9.33. The highest BCUT2D eigenvalue weighted by Gasteiger charge is 2.17. The number of nitrogens with one attached hydrogen (secondary N) is 1. The molecule has 0 spiro atoms. The molecule has 1 aliphatic rings. The largest absolute Gasteiger partial charge is 0.310 e. The molecule has 1 aliphatic carbocycles. The van der Waals surface area contributed by atoms with Gasteiger partial charge in [0, 0.05) is 18.8 Å². The summed E-state index contributed by atoms with van der Waals surface area (Å²) in [6, 6.07) is 0. The van der Waals surface area contributed by atoms with Crippen LogP contribution in [0.4, 0.5) is 5.82 Å². The summed E-state index contributed by atoms with van der Waals surface area (Å²) >= 11 is 0. The lowest BCUT2D eigenvalue weighted by atomic mass is 9.87. The number of fused-ring (bicyclic) bond motifs is 1. The third kappa shape index (κ3) is 2.75. The summed E-state index contributed by atoms with van der Waals surface area (Å²) < 4.78 is 1.84. The Labute approximate surface area is 112 Å². The van der Waals surface area contributed by atoms with Crippen LogP contribution >= 0.6 is 0 Å². The average Bonchev–Trinajstić information content (AvgIpc) is 2.89. The van der Waals surface area contributed by atoms with Crippen molar-refractivity contribution in [3.8, 4) is 0 Å². The van der Waals surface area contributed by atoms with Gasteiger partial charge in [0.25, 0.3) is 0 Å². The quantitative estimate of drug-likeness (QED) is 0.920. The lowest BCUT2D eigenvalue weighted by Crippen LogP contribution is -2.19. The van der Waals surface area contributed by atoms with Gasteiger partial charge in [-0.25, -0.2) is 4.98 Å². The second-order valence-electron chi connectivity index (χ2n) is 5.20. The molecular weight excluding hydrogens is 240 g/mol. The van der Waals surface area contributed by atoms with Crippen molar-refractivity contribution in [3.63, 3.8) is 0 Å². The zero-order valence-corrected chi connectivity index (χ0v) is 10.9. The van der Waals surface area contributed by atoms with Crippen LogP contribution in [-0.2, 0) is 4.79 Å². The van der Waals surface area contributed by atoms with Crippen LogP contribution < -0.4 is 5.32 Å². The number of carbonyl (C=O) groups excluding carboxylic acids is 1. The van der Waals surface area contributed by atoms with Crippen molar-refractivity contribution in [2.24, 2.45) is 5.92 Å². The SMILES string of the molecule is O=C(CC1CCCCC1)Nc1cncc2nccn12. The Balaban J connectivity index is 1.67. The van der Waals surface area contributed by atoms with E-state index in [0.29, 0.717) is 18.2 Å². The van der Waals surface area contributed by atoms with E-state index in [4.69, 9.17) is 0 Å². The highest BCUT2D eigenvalue weighted by Crippen LogP contribution is 2.26. The maximum atomic E-state index is 12.1. The van der Waals surface area contributed by atoms with Gasteiger partial charge in [-0.1, -0.05) is 19.3 Å². The molecule has 0 unspecified atom stereocenters. The van der Waals surface area contributed by atoms with Gasteiger partial charge in [0.15, 0.2) is 5.65 Å². The van der Waals surface area contributed by atoms with Crippen LogP contribution in [0.1, 0.15) is 38.5 Å². The second kappa shape index (κ2) is 5.38. The predicted molar refractivity (Wildman–Crippen MR) is 72.8 cm³/mol. The second-order valence-corrected chi connectivity index (χ2v) is 5.20. The van der Waals surface area contributed by atoms with E-state index in [1.165, 1.54) is 32.1 Å². The molecule has 0 aromatic carbocycles. The van der Waals surface area contributed by atoms with E-state index in [-0.39, 0.29) is 5.91 Å². The van der Waals surface area contributed by atoms with Crippen molar-refractivity contribution < 1.29 is 4.79 Å². The van der Waals surface area contributed by atoms with Crippen LogP contribution in [0, 0.1) is 5.92 Å². The van der Waals surface area contributed by atoms with Gasteiger partial charge in [-0.15, -0.1) is 0 Å². The van der Waals surface area contributed by atoms with E-state index >= 15 is 0 Å². The van der Waals surface area contributed by atoms with Crippen LogP contribution in [0.25, 0.3) is 5.65 Å². The number of imidazole rings is 1. The summed E-state index contributed by atoms with van der Waals surface area (Å²) in [5, 5.41) is 2.94. The number of rotatable bonds is 3. The van der Waals surface area contributed by atoms with Crippen molar-refractivity contribution in [2.75, 3.05) is 5.32 Å². The molecule has 5 nitrogen and oxygen atoms in total. The van der Waals surface area contributed by atoms with E-state index in [0.717, 1.165) is 5.65 Å². The molecule has 100 valence electrons. The fraction of sp³-hybridized carbons (Fsp3) is 0.500. The molecule has 1 fully saturated rings. The summed E-state index contributed by atoms with van der Waals surface area (Å²) in [6.07, 6.45) is 13.7. The third-order valence-electron chi connectivity index (χ3n) is 3.78. The third-order valence-corrected chi connectivity index (χ3v) is 3.78. The van der Waals surface area contributed by atoms with Crippen LogP contribution in [-0.4, -0.2) is 20.3 Å². The zero-order chi connectivity index (χ0) is 13.1. The number of amides is 1. The Kier molecular flexibility index (Phi) is 3.44. The van der Waals surface area contributed by atoms with E-state index < -0.39 is 0 Å². The van der Waals surface area contributed by atoms with Crippen molar-refractivity contribution in [3.05, 3.63) is 24.8 Å². The molecule has 2 heterocycles. The standard InChI is InChI=1S/C14H18N4O/c19-14(8-11-4-2-1-3-5-11)17-13-10-15-9-12-16-6-7-18(12)13/h6-7,9-11H,1-5,8H2,(H,17,19). The van der Waals surface area contributed by atoms with E-state index in [1.807, 2.05) is 10.6 Å². The highest BCUT2D eigenvalue weighted by atomic mass is 16.1. The number of nitrogens with zero attached hydrogens (tertiary/aromatic N) is 3. The Morgan fingerprint density at radius 1 is 1.32 bits per heavy atom. The average molecular weight is 258 g/mol. The lowest BCUT2D eigenvalue weighted by Gasteiger charge is -2.20. The number of aromatic nitrogens is 3. The lowest BCUT2D eigenvalue weighted by molar-refractivity contribution is -0.117. The highest BCUT2D eigenvalue weighted by molar-refractivity contribution is 5.90. The Morgan fingerprint density at radius 2 is 2.16 bits per heavy atom. The summed E-state index contributed by atoms with van der Waals surface area (Å²) in [5.41, 5.74) is 0.746. The van der Waals surface area contributed by atoms with Gasteiger partial charge in [0.2, 0.25) is 5.91 Å². The Bertz CT molecular complexity index is 572. The first-order valence-corrected chi connectivity index (χ1v) is 6.90. The minimum atomic E-state index is 0.0786. The minimum Gasteiger partial charge on any atom is -0.310 e. The van der Waals surface area contributed by atoms with Gasteiger partial charge in [-0.2, -0.15) is 0 Å². The van der Waals surface area contributed by atoms with E-state index in [9.17, 15) is 4.79 Å². The molecule has 0 bridgehead atoms. The molecule has 19 heavy (non-hydrogen) atoms. The van der Waals surface area contributed by atoms with Crippen LogP contribution in [0.3, 0.4) is 0 Å². The van der Waals surface area contributed by atoms with E-state index in [2.05, 4.69) is 15.3 Å². The van der Waals surface area contributed by atoms with Crippen LogP contribution in [0.5, 0.6) is 0 Å². The molecule has 0 saturated heterocycles. The number of carbonyl (C=O) groups is 1. The molecule has 2 aromatic rings. The van der Waals surface area contributed by atoms with Gasteiger partial charge in [0.1, 0.15) is 5.82 Å². The van der Waals surface area contributed by atoms with Crippen molar-refractivity contribution in [2.45, 2.75) is 38.5 Å². The van der Waals surface area contributed by atoms with Crippen molar-refractivity contribution >= 4 is 17.4 Å². The normalized spacial score (nSPS) is 16.6. The molecule has 2 aromatic heterocycles. The maximum absolute atomic E-state index is 12.1. The summed E-state index contributed by atoms with van der Waals surface area (Å²) in [4.78, 5) is 20.3. The number of hydrogen-bond donors (Lipinski definition) is 1. The van der Waals surface area contributed by atoms with Gasteiger partial charge >= 0.3 is 0 Å². The predicted octanol–water partition coefficient (Wildman–Crippen LogP) is 2.64. The zero-order valence-electron chi connectivity index (χ0n) is 10.9. The molecule has 1 amide bonds. The van der Waals surface area contributed by atoms with Gasteiger partial charge < -0.3 is 5.32 Å². The molecule has 3 rings (SSSR count). The first-order valence-electron chi connectivity index (χ1n) is 6.90. The summed E-state index contributed by atoms with van der Waals surface area (Å²) in [7, 11) is 0. The van der Waals surface area contributed by atoms with Crippen molar-refractivity contribution in [1.82, 2.24) is 14.4 Å². The summed E-state index contributed by atoms with van der Waals surface area (Å²) in [5.74, 6) is 1.31. The van der Waals surface area contributed by atoms with Crippen molar-refractivity contribution in [1.29, 1.82) is 0 Å². The fourth-order valence-corrected chi connectivity index (χ4v) is 2.79. The van der Waals surface area contributed by atoms with Crippen LogP contribution in [0.2, 0.25) is 0 Å². The molecule has 0 aliphatic heterocycles. The Hall–Kier alpha value is -1.91. The van der Waals surface area contributed by atoms with Gasteiger partial charge in [-0.3, -0.25) is 14.2 Å².